The van der Waals surface area contributed by atoms with E-state index in [1.165, 1.54) is 18.2 Å². The maximum absolute atomic E-state index is 13.6. The van der Waals surface area contributed by atoms with Crippen molar-refractivity contribution in [1.82, 2.24) is 10.4 Å². The molecule has 0 unspecified atom stereocenters. The predicted molar refractivity (Wildman–Crippen MR) is 109 cm³/mol. The largest absolute Gasteiger partial charge is 0.324 e. The second-order valence-electron chi connectivity index (χ2n) is 7.27. The molecule has 2 aromatic rings. The lowest BCUT2D eigenvalue weighted by Crippen LogP contribution is -2.46. The number of hydroxylamine groups is 1. The van der Waals surface area contributed by atoms with Crippen molar-refractivity contribution in [3.05, 3.63) is 64.4 Å². The molecule has 0 spiro atoms. The maximum Gasteiger partial charge on any atom is 0.324 e. The second-order valence-corrected chi connectivity index (χ2v) is 7.68. The third-order valence-electron chi connectivity index (χ3n) is 5.16. The van der Waals surface area contributed by atoms with E-state index < -0.39 is 11.7 Å². The first-order valence-electron chi connectivity index (χ1n) is 9.44. The predicted octanol–water partition coefficient (Wildman–Crippen LogP) is 4.46. The van der Waals surface area contributed by atoms with E-state index in [0.717, 1.165) is 18.4 Å². The van der Waals surface area contributed by atoms with Crippen LogP contribution >= 0.6 is 11.6 Å². The van der Waals surface area contributed by atoms with Crippen molar-refractivity contribution in [2.45, 2.75) is 26.3 Å². The Morgan fingerprint density at radius 2 is 1.86 bits per heavy atom. The first-order valence-corrected chi connectivity index (χ1v) is 9.81. The van der Waals surface area contributed by atoms with Crippen molar-refractivity contribution in [1.29, 1.82) is 0 Å². The quantitative estimate of drug-likeness (QED) is 0.567. The number of carbonyl (C=O) groups is 2. The van der Waals surface area contributed by atoms with Crippen molar-refractivity contribution >= 4 is 29.2 Å². The monoisotopic (exact) mass is 419 g/mol. The van der Waals surface area contributed by atoms with Crippen LogP contribution in [0.5, 0.6) is 0 Å². The summed E-state index contributed by atoms with van der Waals surface area (Å²) < 4.78 is 13.6. The first-order chi connectivity index (χ1) is 13.9. The zero-order valence-electron chi connectivity index (χ0n) is 16.1. The Bertz CT molecular complexity index is 883. The number of benzene rings is 2. The molecule has 0 saturated carbocycles. The number of piperidine rings is 1. The number of amides is 3. The van der Waals surface area contributed by atoms with Gasteiger partial charge in [0.15, 0.2) is 0 Å². The van der Waals surface area contributed by atoms with Gasteiger partial charge in [-0.3, -0.25) is 14.9 Å². The normalized spacial score (nSPS) is 14.6. The fraction of sp³-hybridized carbons (Fsp3) is 0.333. The summed E-state index contributed by atoms with van der Waals surface area (Å²) in [5.74, 6) is -0.579. The SMILES string of the molecule is CC1CCN(C(=O)N(Cc2ccc(C(=O)NO)cc2)c2ccc(F)c(Cl)c2)CC1. The Morgan fingerprint density at radius 3 is 2.45 bits per heavy atom. The summed E-state index contributed by atoms with van der Waals surface area (Å²) >= 11 is 5.95. The molecule has 8 heteroatoms. The molecule has 154 valence electrons. The number of anilines is 1. The topological polar surface area (TPSA) is 72.9 Å². The molecule has 29 heavy (non-hydrogen) atoms. The van der Waals surface area contributed by atoms with Gasteiger partial charge in [0.2, 0.25) is 0 Å². The molecule has 0 radical (unpaired) electrons. The molecule has 0 atom stereocenters. The Balaban J connectivity index is 1.87. The van der Waals surface area contributed by atoms with Gasteiger partial charge in [0.25, 0.3) is 5.91 Å². The molecular weight excluding hydrogens is 397 g/mol. The Kier molecular flexibility index (Phi) is 6.71. The van der Waals surface area contributed by atoms with E-state index in [0.29, 0.717) is 30.3 Å². The highest BCUT2D eigenvalue weighted by atomic mass is 35.5. The lowest BCUT2D eigenvalue weighted by atomic mass is 9.99. The van der Waals surface area contributed by atoms with Crippen LogP contribution in [0.3, 0.4) is 0 Å². The van der Waals surface area contributed by atoms with E-state index in [4.69, 9.17) is 16.8 Å². The van der Waals surface area contributed by atoms with Crippen LogP contribution in [-0.2, 0) is 6.54 Å². The second kappa shape index (κ2) is 9.24. The van der Waals surface area contributed by atoms with Crippen molar-refractivity contribution in [2.24, 2.45) is 5.92 Å². The van der Waals surface area contributed by atoms with Crippen molar-refractivity contribution in [3.8, 4) is 0 Å². The van der Waals surface area contributed by atoms with Crippen molar-refractivity contribution in [2.75, 3.05) is 18.0 Å². The third kappa shape index (κ3) is 5.05. The molecule has 2 N–H and O–H groups in total. The van der Waals surface area contributed by atoms with Crippen LogP contribution in [0.15, 0.2) is 42.5 Å². The highest BCUT2D eigenvalue weighted by Gasteiger charge is 2.26. The van der Waals surface area contributed by atoms with Gasteiger partial charge < -0.3 is 4.90 Å². The van der Waals surface area contributed by atoms with Crippen LogP contribution in [0.4, 0.5) is 14.9 Å². The average Bonchev–Trinajstić information content (AvgIpc) is 2.74. The number of rotatable bonds is 4. The molecule has 1 fully saturated rings. The summed E-state index contributed by atoms with van der Waals surface area (Å²) in [5, 5.41) is 8.68. The summed E-state index contributed by atoms with van der Waals surface area (Å²) in [6, 6.07) is 10.6. The molecule has 1 aliphatic rings. The van der Waals surface area contributed by atoms with E-state index >= 15 is 0 Å². The van der Waals surface area contributed by atoms with E-state index in [-0.39, 0.29) is 17.6 Å². The van der Waals surface area contributed by atoms with Gasteiger partial charge in [-0.2, -0.15) is 0 Å². The smallest absolute Gasteiger partial charge is 0.324 e. The fourth-order valence-electron chi connectivity index (χ4n) is 3.30. The summed E-state index contributed by atoms with van der Waals surface area (Å²) in [7, 11) is 0. The zero-order chi connectivity index (χ0) is 21.0. The van der Waals surface area contributed by atoms with Gasteiger partial charge in [-0.05, 0) is 54.7 Å². The molecule has 3 amide bonds. The number of halogens is 2. The van der Waals surface area contributed by atoms with E-state index in [9.17, 15) is 14.0 Å². The minimum Gasteiger partial charge on any atom is -0.324 e. The van der Waals surface area contributed by atoms with Crippen LogP contribution < -0.4 is 10.4 Å². The van der Waals surface area contributed by atoms with Crippen LogP contribution in [0.2, 0.25) is 5.02 Å². The van der Waals surface area contributed by atoms with Crippen LogP contribution in [-0.4, -0.2) is 35.1 Å². The van der Waals surface area contributed by atoms with Crippen LogP contribution in [0, 0.1) is 11.7 Å². The molecule has 3 rings (SSSR count). The molecule has 0 aromatic heterocycles. The van der Waals surface area contributed by atoms with Gasteiger partial charge in [0.1, 0.15) is 5.82 Å². The van der Waals surface area contributed by atoms with Gasteiger partial charge in [0.05, 0.1) is 11.6 Å². The maximum atomic E-state index is 13.6. The van der Waals surface area contributed by atoms with Crippen molar-refractivity contribution in [3.63, 3.8) is 0 Å². The number of carbonyl (C=O) groups excluding carboxylic acids is 2. The number of urea groups is 1. The van der Waals surface area contributed by atoms with E-state index in [1.807, 2.05) is 0 Å². The molecule has 0 aliphatic carbocycles. The van der Waals surface area contributed by atoms with Crippen LogP contribution in [0.1, 0.15) is 35.7 Å². The lowest BCUT2D eigenvalue weighted by Gasteiger charge is -2.35. The highest BCUT2D eigenvalue weighted by molar-refractivity contribution is 6.31. The molecule has 1 saturated heterocycles. The van der Waals surface area contributed by atoms with Gasteiger partial charge in [-0.25, -0.2) is 14.7 Å². The minimum absolute atomic E-state index is 0.0532. The Morgan fingerprint density at radius 1 is 1.21 bits per heavy atom. The van der Waals surface area contributed by atoms with E-state index in [1.54, 1.807) is 39.5 Å². The lowest BCUT2D eigenvalue weighted by molar-refractivity contribution is 0.0706. The van der Waals surface area contributed by atoms with Gasteiger partial charge in [-0.15, -0.1) is 0 Å². The summed E-state index contributed by atoms with van der Waals surface area (Å²) in [6.45, 7) is 3.74. The summed E-state index contributed by atoms with van der Waals surface area (Å²) in [5.41, 5.74) is 3.15. The molecule has 1 aliphatic heterocycles. The van der Waals surface area contributed by atoms with Crippen LogP contribution in [0.25, 0.3) is 0 Å². The number of nitrogens with zero attached hydrogens (tertiary/aromatic N) is 2. The Labute approximate surface area is 173 Å². The number of hydrogen-bond donors (Lipinski definition) is 2. The standard InChI is InChI=1S/C21H23ClFN3O3/c1-14-8-10-25(11-9-14)21(28)26(17-6-7-19(23)18(22)12-17)13-15-2-4-16(5-3-15)20(27)24-29/h2-7,12,14,29H,8-11,13H2,1H3,(H,24,27). The number of nitrogens with one attached hydrogen (secondary N) is 1. The molecule has 6 nitrogen and oxygen atoms in total. The number of hydrogen-bond acceptors (Lipinski definition) is 3. The van der Waals surface area contributed by atoms with Gasteiger partial charge >= 0.3 is 6.03 Å². The van der Waals surface area contributed by atoms with Gasteiger partial charge in [0, 0.05) is 24.3 Å². The summed E-state index contributed by atoms with van der Waals surface area (Å²) in [6.07, 6.45) is 1.88. The molecular formula is C21H23ClFN3O3. The summed E-state index contributed by atoms with van der Waals surface area (Å²) in [4.78, 5) is 28.1. The van der Waals surface area contributed by atoms with Gasteiger partial charge in [-0.1, -0.05) is 30.7 Å². The third-order valence-corrected chi connectivity index (χ3v) is 5.45. The minimum atomic E-state index is -0.614. The first kappa shape index (κ1) is 21.1. The Hall–Kier alpha value is -2.64. The molecule has 1 heterocycles. The van der Waals surface area contributed by atoms with E-state index in [2.05, 4.69) is 6.92 Å². The zero-order valence-corrected chi connectivity index (χ0v) is 16.8. The number of likely N-dealkylation sites (tertiary alicyclic amines) is 1. The molecule has 2 aromatic carbocycles. The average molecular weight is 420 g/mol. The fourth-order valence-corrected chi connectivity index (χ4v) is 3.48. The van der Waals surface area contributed by atoms with Crippen molar-refractivity contribution < 1.29 is 19.2 Å². The highest BCUT2D eigenvalue weighted by Crippen LogP contribution is 2.27. The molecule has 0 bridgehead atoms.